The van der Waals surface area contributed by atoms with Gasteiger partial charge in [-0.2, -0.15) is 0 Å². The lowest BCUT2D eigenvalue weighted by molar-refractivity contribution is 0.153. The fourth-order valence-corrected chi connectivity index (χ4v) is 1.95. The molecule has 0 saturated carbocycles. The van der Waals surface area contributed by atoms with Crippen molar-refractivity contribution >= 4 is 5.96 Å². The third-order valence-electron chi connectivity index (χ3n) is 3.24. The van der Waals surface area contributed by atoms with Crippen LogP contribution in [0.4, 0.5) is 0 Å². The summed E-state index contributed by atoms with van der Waals surface area (Å²) in [5, 5.41) is 20.2. The van der Waals surface area contributed by atoms with Gasteiger partial charge in [-0.15, -0.1) is 0 Å². The Balaban J connectivity index is 1.91. The highest BCUT2D eigenvalue weighted by Gasteiger charge is 2.11. The number of hydrogen-bond acceptors (Lipinski definition) is 5. The monoisotopic (exact) mass is 320 g/mol. The first-order chi connectivity index (χ1) is 11.1. The molecule has 7 heteroatoms. The van der Waals surface area contributed by atoms with Crippen LogP contribution in [-0.2, 0) is 6.54 Å². The maximum atomic E-state index is 10.0. The van der Waals surface area contributed by atoms with Gasteiger partial charge in [-0.25, -0.2) is 4.99 Å². The Morgan fingerprint density at radius 1 is 1.39 bits per heavy atom. The van der Waals surface area contributed by atoms with Crippen molar-refractivity contribution in [2.45, 2.75) is 39.3 Å². The van der Waals surface area contributed by atoms with Gasteiger partial charge >= 0.3 is 0 Å². The van der Waals surface area contributed by atoms with E-state index in [2.05, 4.69) is 34.6 Å². The summed E-state index contributed by atoms with van der Waals surface area (Å²) in [5.74, 6) is 2.15. The lowest BCUT2D eigenvalue weighted by atomic mass is 10.1. The highest BCUT2D eigenvalue weighted by Crippen LogP contribution is 2.14. The molecular formula is C16H24N4O3. The Labute approximate surface area is 135 Å². The summed E-state index contributed by atoms with van der Waals surface area (Å²) < 4.78 is 10.4. The smallest absolute Gasteiger partial charge is 0.191 e. The highest BCUT2D eigenvalue weighted by molar-refractivity contribution is 5.79. The number of aliphatic hydroxyl groups is 1. The van der Waals surface area contributed by atoms with Crippen LogP contribution in [-0.4, -0.2) is 29.3 Å². The number of rotatable bonds is 7. The summed E-state index contributed by atoms with van der Waals surface area (Å²) in [6.07, 6.45) is 0.806. The van der Waals surface area contributed by atoms with Crippen LogP contribution in [0.3, 0.4) is 0 Å². The predicted molar refractivity (Wildman–Crippen MR) is 87.1 cm³/mol. The first-order valence-corrected chi connectivity index (χ1v) is 7.79. The molecule has 0 amide bonds. The molecule has 126 valence electrons. The molecule has 0 spiro atoms. The van der Waals surface area contributed by atoms with Crippen LogP contribution in [0.25, 0.3) is 0 Å². The first-order valence-electron chi connectivity index (χ1n) is 7.79. The Morgan fingerprint density at radius 3 is 2.83 bits per heavy atom. The molecule has 1 unspecified atom stereocenters. The largest absolute Gasteiger partial charge is 0.467 e. The van der Waals surface area contributed by atoms with Crippen LogP contribution in [0.15, 0.2) is 38.4 Å². The van der Waals surface area contributed by atoms with Crippen LogP contribution < -0.4 is 10.6 Å². The Bertz CT molecular complexity index is 605. The van der Waals surface area contributed by atoms with Crippen LogP contribution in [0.2, 0.25) is 0 Å². The van der Waals surface area contributed by atoms with Crippen LogP contribution in [0.1, 0.15) is 50.0 Å². The molecule has 0 radical (unpaired) electrons. The molecule has 2 aromatic rings. The van der Waals surface area contributed by atoms with Crippen molar-refractivity contribution in [3.63, 3.8) is 0 Å². The minimum absolute atomic E-state index is 0.299. The van der Waals surface area contributed by atoms with E-state index in [-0.39, 0.29) is 0 Å². The van der Waals surface area contributed by atoms with Gasteiger partial charge in [0.25, 0.3) is 0 Å². The van der Waals surface area contributed by atoms with E-state index in [1.165, 1.54) is 6.26 Å². The van der Waals surface area contributed by atoms with Crippen LogP contribution >= 0.6 is 0 Å². The van der Waals surface area contributed by atoms with Crippen molar-refractivity contribution in [1.82, 2.24) is 15.8 Å². The Morgan fingerprint density at radius 2 is 2.22 bits per heavy atom. The van der Waals surface area contributed by atoms with E-state index in [1.807, 2.05) is 13.0 Å². The van der Waals surface area contributed by atoms with Crippen molar-refractivity contribution in [3.05, 3.63) is 41.7 Å². The summed E-state index contributed by atoms with van der Waals surface area (Å²) in [7, 11) is 0. The average Bonchev–Trinajstić information content (AvgIpc) is 3.20. The number of furan rings is 1. The minimum Gasteiger partial charge on any atom is -0.467 e. The van der Waals surface area contributed by atoms with Gasteiger partial charge in [0.15, 0.2) is 11.7 Å². The van der Waals surface area contributed by atoms with Gasteiger partial charge in [0.2, 0.25) is 0 Å². The predicted octanol–water partition coefficient (Wildman–Crippen LogP) is 2.18. The molecule has 1 atom stereocenters. The Hall–Kier alpha value is -2.28. The SMILES string of the molecule is CCNC(=NCc1cc(C(C)C)no1)NCC(O)c1ccco1. The van der Waals surface area contributed by atoms with Crippen molar-refractivity contribution in [2.24, 2.45) is 4.99 Å². The van der Waals surface area contributed by atoms with Gasteiger partial charge in [-0.05, 0) is 25.0 Å². The van der Waals surface area contributed by atoms with Gasteiger partial charge in [0.05, 0.1) is 18.5 Å². The minimum atomic E-state index is -0.730. The summed E-state index contributed by atoms with van der Waals surface area (Å²) in [6.45, 7) is 7.50. The molecule has 7 nitrogen and oxygen atoms in total. The zero-order chi connectivity index (χ0) is 16.7. The van der Waals surface area contributed by atoms with Crippen molar-refractivity contribution in [3.8, 4) is 0 Å². The molecule has 0 aliphatic carbocycles. The summed E-state index contributed by atoms with van der Waals surface area (Å²) in [4.78, 5) is 4.43. The molecule has 2 heterocycles. The number of aliphatic imine (C=N–C) groups is 1. The topological polar surface area (TPSA) is 95.8 Å². The number of hydrogen-bond donors (Lipinski definition) is 3. The standard InChI is InChI=1S/C16H24N4O3/c1-4-17-16(19-10-14(21)15-6-5-7-22-15)18-9-12-8-13(11(2)3)20-23-12/h5-8,11,14,21H,4,9-10H2,1-3H3,(H2,17,18,19). The molecule has 2 rings (SSSR count). The van der Waals surface area contributed by atoms with E-state index in [4.69, 9.17) is 8.94 Å². The molecule has 0 bridgehead atoms. The number of nitrogens with one attached hydrogen (secondary N) is 2. The van der Waals surface area contributed by atoms with Crippen molar-refractivity contribution in [2.75, 3.05) is 13.1 Å². The van der Waals surface area contributed by atoms with E-state index >= 15 is 0 Å². The molecule has 0 aliphatic heterocycles. The second-order valence-corrected chi connectivity index (χ2v) is 5.48. The second-order valence-electron chi connectivity index (χ2n) is 5.48. The molecular weight excluding hydrogens is 296 g/mol. The molecule has 0 saturated heterocycles. The molecule has 23 heavy (non-hydrogen) atoms. The van der Waals surface area contributed by atoms with Gasteiger partial charge < -0.3 is 24.7 Å². The number of aliphatic hydroxyl groups excluding tert-OH is 1. The van der Waals surface area contributed by atoms with Crippen LogP contribution in [0.5, 0.6) is 0 Å². The lowest BCUT2D eigenvalue weighted by Crippen LogP contribution is -2.39. The number of nitrogens with zero attached hydrogens (tertiary/aromatic N) is 2. The summed E-state index contributed by atoms with van der Waals surface area (Å²) in [6, 6.07) is 5.39. The van der Waals surface area contributed by atoms with E-state index in [9.17, 15) is 5.11 Å². The quantitative estimate of drug-likeness (QED) is 0.534. The highest BCUT2D eigenvalue weighted by atomic mass is 16.5. The third kappa shape index (κ3) is 5.14. The van der Waals surface area contributed by atoms with E-state index in [0.29, 0.717) is 36.5 Å². The zero-order valence-electron chi connectivity index (χ0n) is 13.7. The van der Waals surface area contributed by atoms with E-state index in [0.717, 1.165) is 12.2 Å². The van der Waals surface area contributed by atoms with E-state index in [1.54, 1.807) is 12.1 Å². The zero-order valence-corrected chi connectivity index (χ0v) is 13.7. The number of guanidine groups is 1. The molecule has 0 aliphatic rings. The first kappa shape index (κ1) is 17.1. The fourth-order valence-electron chi connectivity index (χ4n) is 1.95. The third-order valence-corrected chi connectivity index (χ3v) is 3.24. The van der Waals surface area contributed by atoms with Gasteiger partial charge in [0.1, 0.15) is 18.4 Å². The van der Waals surface area contributed by atoms with Gasteiger partial charge in [0, 0.05) is 12.6 Å². The average molecular weight is 320 g/mol. The fraction of sp³-hybridized carbons (Fsp3) is 0.500. The maximum Gasteiger partial charge on any atom is 0.191 e. The van der Waals surface area contributed by atoms with Gasteiger partial charge in [-0.3, -0.25) is 0 Å². The molecule has 2 aromatic heterocycles. The number of aromatic nitrogens is 1. The van der Waals surface area contributed by atoms with E-state index < -0.39 is 6.10 Å². The maximum absolute atomic E-state index is 10.0. The summed E-state index contributed by atoms with van der Waals surface area (Å²) >= 11 is 0. The molecule has 0 aromatic carbocycles. The normalized spacial score (nSPS) is 13.3. The van der Waals surface area contributed by atoms with Crippen molar-refractivity contribution in [1.29, 1.82) is 0 Å². The second kappa shape index (κ2) is 8.38. The Kier molecular flexibility index (Phi) is 6.22. The molecule has 0 fully saturated rings. The van der Waals surface area contributed by atoms with Crippen molar-refractivity contribution < 1.29 is 14.0 Å². The van der Waals surface area contributed by atoms with Gasteiger partial charge in [-0.1, -0.05) is 19.0 Å². The van der Waals surface area contributed by atoms with Crippen LogP contribution in [0, 0.1) is 0 Å². The lowest BCUT2D eigenvalue weighted by Gasteiger charge is -2.13. The molecule has 3 N–H and O–H groups in total. The summed E-state index contributed by atoms with van der Waals surface area (Å²) in [5.41, 5.74) is 0.918.